The lowest BCUT2D eigenvalue weighted by Crippen LogP contribution is -2.15. The lowest BCUT2D eigenvalue weighted by atomic mass is 10.2. The molecule has 0 fully saturated rings. The van der Waals surface area contributed by atoms with Crippen molar-refractivity contribution < 1.29 is 4.74 Å². The minimum absolute atomic E-state index is 0.131. The van der Waals surface area contributed by atoms with E-state index in [0.717, 1.165) is 23.2 Å². The number of ether oxygens (including phenoxy) is 1. The van der Waals surface area contributed by atoms with E-state index < -0.39 is 0 Å². The van der Waals surface area contributed by atoms with Gasteiger partial charge in [-0.3, -0.25) is 4.79 Å². The van der Waals surface area contributed by atoms with Crippen LogP contribution in [0.4, 0.5) is 0 Å². The monoisotopic (exact) mass is 244 g/mol. The summed E-state index contributed by atoms with van der Waals surface area (Å²) in [5, 5.41) is 0. The summed E-state index contributed by atoms with van der Waals surface area (Å²) < 4.78 is 5.42. The van der Waals surface area contributed by atoms with Gasteiger partial charge in [0, 0.05) is 6.07 Å². The lowest BCUT2D eigenvalue weighted by Gasteiger charge is -2.05. The molecule has 0 aliphatic heterocycles. The molecule has 4 heteroatoms. The minimum atomic E-state index is -0.131. The summed E-state index contributed by atoms with van der Waals surface area (Å²) in [7, 11) is 0. The van der Waals surface area contributed by atoms with Crippen LogP contribution in [0.15, 0.2) is 35.6 Å². The number of H-pyrrole nitrogens is 1. The third-order valence-corrected chi connectivity index (χ3v) is 2.63. The fourth-order valence-corrected chi connectivity index (χ4v) is 1.76. The van der Waals surface area contributed by atoms with Crippen molar-refractivity contribution >= 4 is 11.0 Å². The summed E-state index contributed by atoms with van der Waals surface area (Å²) in [6.07, 6.45) is 3.13. The summed E-state index contributed by atoms with van der Waals surface area (Å²) in [5.41, 5.74) is 1.88. The number of hydrogen-bond donors (Lipinski definition) is 1. The first-order chi connectivity index (χ1) is 8.74. The van der Waals surface area contributed by atoms with E-state index in [0.29, 0.717) is 18.7 Å². The molecule has 0 atom stereocenters. The second kappa shape index (κ2) is 5.49. The zero-order chi connectivity index (χ0) is 13.0. The van der Waals surface area contributed by atoms with Crippen LogP contribution in [0.3, 0.4) is 0 Å². The predicted molar refractivity (Wildman–Crippen MR) is 72.1 cm³/mol. The second-order valence-electron chi connectivity index (χ2n) is 3.95. The maximum atomic E-state index is 11.8. The van der Waals surface area contributed by atoms with Crippen molar-refractivity contribution in [2.24, 2.45) is 0 Å². The molecule has 1 aromatic heterocycles. The molecule has 1 heterocycles. The van der Waals surface area contributed by atoms with Crippen LogP contribution in [0.1, 0.15) is 19.0 Å². The van der Waals surface area contributed by atoms with Crippen LogP contribution in [0.25, 0.3) is 11.0 Å². The van der Waals surface area contributed by atoms with Crippen LogP contribution >= 0.6 is 0 Å². The van der Waals surface area contributed by atoms with Gasteiger partial charge in [-0.25, -0.2) is 4.98 Å². The zero-order valence-corrected chi connectivity index (χ0v) is 10.4. The quantitative estimate of drug-likeness (QED) is 0.822. The highest BCUT2D eigenvalue weighted by Gasteiger charge is 2.05. The first-order valence-electron chi connectivity index (χ1n) is 6.01. The van der Waals surface area contributed by atoms with Crippen molar-refractivity contribution in [3.63, 3.8) is 0 Å². The predicted octanol–water partition coefficient (Wildman–Crippen LogP) is 2.44. The number of aromatic nitrogens is 2. The van der Waals surface area contributed by atoms with Crippen LogP contribution in [0, 0.1) is 0 Å². The Bertz CT molecular complexity index is 617. The number of rotatable bonds is 5. The van der Waals surface area contributed by atoms with Gasteiger partial charge in [-0.05, 0) is 31.9 Å². The maximum absolute atomic E-state index is 11.8. The van der Waals surface area contributed by atoms with Crippen molar-refractivity contribution in [2.45, 2.75) is 19.8 Å². The molecule has 0 radical (unpaired) electrons. The van der Waals surface area contributed by atoms with Gasteiger partial charge in [0.15, 0.2) is 0 Å². The Labute approximate surface area is 105 Å². The molecule has 2 rings (SSSR count). The van der Waals surface area contributed by atoms with Gasteiger partial charge in [-0.15, -0.1) is 6.58 Å². The number of allylic oxidation sites excluding steroid dienone is 1. The van der Waals surface area contributed by atoms with Crippen LogP contribution in [0.2, 0.25) is 0 Å². The standard InChI is InChI=1S/C14H16N2O2/c1-3-5-6-12-14(17)16-11-8-7-10(18-4-2)9-13(11)15-12/h3,7-9H,1,4-6H2,2H3,(H,16,17). The van der Waals surface area contributed by atoms with Gasteiger partial charge in [0.1, 0.15) is 11.4 Å². The van der Waals surface area contributed by atoms with Crippen molar-refractivity contribution in [1.82, 2.24) is 9.97 Å². The van der Waals surface area contributed by atoms with Gasteiger partial charge >= 0.3 is 0 Å². The van der Waals surface area contributed by atoms with Crippen LogP contribution in [0.5, 0.6) is 5.75 Å². The highest BCUT2D eigenvalue weighted by atomic mass is 16.5. The Morgan fingerprint density at radius 3 is 3.06 bits per heavy atom. The summed E-state index contributed by atoms with van der Waals surface area (Å²) in [4.78, 5) is 19.0. The molecule has 0 spiro atoms. The number of nitrogens with one attached hydrogen (secondary N) is 1. The third-order valence-electron chi connectivity index (χ3n) is 2.63. The molecule has 1 N–H and O–H groups in total. The molecule has 0 amide bonds. The first kappa shape index (κ1) is 12.4. The Balaban J connectivity index is 2.45. The molecule has 4 nitrogen and oxygen atoms in total. The summed E-state index contributed by atoms with van der Waals surface area (Å²) in [5.74, 6) is 0.763. The SMILES string of the molecule is C=CCCc1nc2cc(OCC)ccc2[nH]c1=O. The number of nitrogens with zero attached hydrogens (tertiary/aromatic N) is 1. The Hall–Kier alpha value is -2.10. The largest absolute Gasteiger partial charge is 0.494 e. The summed E-state index contributed by atoms with van der Waals surface area (Å²) >= 11 is 0. The van der Waals surface area contributed by atoms with Gasteiger partial charge < -0.3 is 9.72 Å². The second-order valence-corrected chi connectivity index (χ2v) is 3.95. The molecule has 0 saturated heterocycles. The highest BCUT2D eigenvalue weighted by molar-refractivity contribution is 5.75. The van der Waals surface area contributed by atoms with E-state index in [1.54, 1.807) is 6.08 Å². The average Bonchev–Trinajstić information content (AvgIpc) is 2.37. The van der Waals surface area contributed by atoms with E-state index in [1.807, 2.05) is 25.1 Å². The van der Waals surface area contributed by atoms with Gasteiger partial charge in [0.2, 0.25) is 0 Å². The molecule has 0 bridgehead atoms. The molecule has 94 valence electrons. The van der Waals surface area contributed by atoms with Crippen molar-refractivity contribution in [1.29, 1.82) is 0 Å². The maximum Gasteiger partial charge on any atom is 0.270 e. The molecule has 0 unspecified atom stereocenters. The van der Waals surface area contributed by atoms with E-state index in [1.165, 1.54) is 0 Å². The Kier molecular flexibility index (Phi) is 3.77. The lowest BCUT2D eigenvalue weighted by molar-refractivity contribution is 0.340. The Morgan fingerprint density at radius 1 is 1.50 bits per heavy atom. The van der Waals surface area contributed by atoms with E-state index in [9.17, 15) is 4.79 Å². The number of benzene rings is 1. The molecule has 0 aliphatic rings. The molecule has 2 aromatic rings. The fraction of sp³-hybridized carbons (Fsp3) is 0.286. The molecule has 1 aromatic carbocycles. The Morgan fingerprint density at radius 2 is 2.33 bits per heavy atom. The van der Waals surface area contributed by atoms with Crippen LogP contribution in [-0.2, 0) is 6.42 Å². The van der Waals surface area contributed by atoms with Gasteiger partial charge in [-0.2, -0.15) is 0 Å². The van der Waals surface area contributed by atoms with Gasteiger partial charge in [0.25, 0.3) is 5.56 Å². The molecular weight excluding hydrogens is 228 g/mol. The molecular formula is C14H16N2O2. The number of aromatic amines is 1. The van der Waals surface area contributed by atoms with Crippen LogP contribution in [-0.4, -0.2) is 16.6 Å². The van der Waals surface area contributed by atoms with Crippen molar-refractivity contribution in [3.8, 4) is 5.75 Å². The topological polar surface area (TPSA) is 55.0 Å². The normalized spacial score (nSPS) is 10.5. The van der Waals surface area contributed by atoms with Crippen molar-refractivity contribution in [3.05, 3.63) is 46.9 Å². The smallest absolute Gasteiger partial charge is 0.270 e. The molecule has 0 saturated carbocycles. The zero-order valence-electron chi connectivity index (χ0n) is 10.4. The highest BCUT2D eigenvalue weighted by Crippen LogP contribution is 2.17. The van der Waals surface area contributed by atoms with Crippen LogP contribution < -0.4 is 10.3 Å². The van der Waals surface area contributed by atoms with Gasteiger partial charge in [-0.1, -0.05) is 6.08 Å². The molecule has 18 heavy (non-hydrogen) atoms. The minimum Gasteiger partial charge on any atom is -0.494 e. The number of hydrogen-bond acceptors (Lipinski definition) is 3. The van der Waals surface area contributed by atoms with Gasteiger partial charge in [0.05, 0.1) is 17.6 Å². The van der Waals surface area contributed by atoms with E-state index in [-0.39, 0.29) is 5.56 Å². The summed E-state index contributed by atoms with van der Waals surface area (Å²) in [6, 6.07) is 5.48. The van der Waals surface area contributed by atoms with Crippen molar-refractivity contribution in [2.75, 3.05) is 6.61 Å². The third kappa shape index (κ3) is 2.59. The average molecular weight is 244 g/mol. The number of aryl methyl sites for hydroxylation is 1. The summed E-state index contributed by atoms with van der Waals surface area (Å²) in [6.45, 7) is 6.19. The van der Waals surface area contributed by atoms with E-state index in [4.69, 9.17) is 4.74 Å². The molecule has 0 aliphatic carbocycles. The number of fused-ring (bicyclic) bond motifs is 1. The first-order valence-corrected chi connectivity index (χ1v) is 6.01. The fourth-order valence-electron chi connectivity index (χ4n) is 1.76. The van der Waals surface area contributed by atoms with E-state index >= 15 is 0 Å². The van der Waals surface area contributed by atoms with E-state index in [2.05, 4.69) is 16.5 Å².